The number of halogens is 1. The highest BCUT2D eigenvalue weighted by atomic mass is 79.9. The number of benzene rings is 1. The SMILES string of the molecule is COc1ccc2c(c1)OCC[C@@H](Br)[C@H]2O. The van der Waals surface area contributed by atoms with E-state index in [1.54, 1.807) is 7.11 Å². The van der Waals surface area contributed by atoms with Gasteiger partial charge >= 0.3 is 0 Å². The van der Waals surface area contributed by atoms with E-state index < -0.39 is 6.10 Å². The van der Waals surface area contributed by atoms with Crippen molar-refractivity contribution in [2.45, 2.75) is 17.4 Å². The topological polar surface area (TPSA) is 38.7 Å². The van der Waals surface area contributed by atoms with Gasteiger partial charge in [0.1, 0.15) is 11.5 Å². The number of alkyl halides is 1. The van der Waals surface area contributed by atoms with E-state index in [1.165, 1.54) is 0 Å². The van der Waals surface area contributed by atoms with Gasteiger partial charge in [-0.15, -0.1) is 0 Å². The summed E-state index contributed by atoms with van der Waals surface area (Å²) < 4.78 is 10.7. The molecule has 1 aromatic carbocycles. The van der Waals surface area contributed by atoms with Gasteiger partial charge in [-0.3, -0.25) is 0 Å². The van der Waals surface area contributed by atoms with Gasteiger partial charge in [-0.2, -0.15) is 0 Å². The second-order valence-electron chi connectivity index (χ2n) is 3.50. The molecule has 15 heavy (non-hydrogen) atoms. The molecular weight excluding hydrogens is 260 g/mol. The maximum atomic E-state index is 10.0. The van der Waals surface area contributed by atoms with Crippen LogP contribution in [0.5, 0.6) is 11.5 Å². The molecule has 2 rings (SSSR count). The molecule has 82 valence electrons. The number of ether oxygens (including phenoxy) is 2. The Morgan fingerprint density at radius 1 is 1.53 bits per heavy atom. The largest absolute Gasteiger partial charge is 0.497 e. The summed E-state index contributed by atoms with van der Waals surface area (Å²) in [5, 5.41) is 10.0. The van der Waals surface area contributed by atoms with E-state index in [4.69, 9.17) is 9.47 Å². The molecule has 1 N–H and O–H groups in total. The van der Waals surface area contributed by atoms with Crippen LogP contribution in [0.2, 0.25) is 0 Å². The molecule has 3 nitrogen and oxygen atoms in total. The molecule has 1 aliphatic heterocycles. The average molecular weight is 273 g/mol. The standard InChI is InChI=1S/C11H13BrO3/c1-14-7-2-3-8-10(6-7)15-5-4-9(12)11(8)13/h2-3,6,9,11,13H,4-5H2,1H3/t9-,11+/m1/s1. The summed E-state index contributed by atoms with van der Waals surface area (Å²) in [7, 11) is 1.61. The predicted octanol–water partition coefficient (Wildman–Crippen LogP) is 2.27. The third-order valence-corrected chi connectivity index (χ3v) is 3.49. The number of fused-ring (bicyclic) bond motifs is 1. The lowest BCUT2D eigenvalue weighted by atomic mass is 10.0. The number of hydrogen-bond acceptors (Lipinski definition) is 3. The van der Waals surface area contributed by atoms with Gasteiger partial charge in [0.2, 0.25) is 0 Å². The molecule has 0 aromatic heterocycles. The van der Waals surface area contributed by atoms with Gasteiger partial charge in [-0.05, 0) is 18.6 Å². The van der Waals surface area contributed by atoms with Crippen molar-refractivity contribution >= 4 is 15.9 Å². The quantitative estimate of drug-likeness (QED) is 0.798. The third kappa shape index (κ3) is 2.11. The van der Waals surface area contributed by atoms with E-state index in [9.17, 15) is 5.11 Å². The number of methoxy groups -OCH3 is 1. The van der Waals surface area contributed by atoms with E-state index in [1.807, 2.05) is 18.2 Å². The Morgan fingerprint density at radius 3 is 3.07 bits per heavy atom. The van der Waals surface area contributed by atoms with Crippen LogP contribution in [0, 0.1) is 0 Å². The van der Waals surface area contributed by atoms with E-state index in [0.29, 0.717) is 12.4 Å². The minimum absolute atomic E-state index is 0.0483. The van der Waals surface area contributed by atoms with Gasteiger partial charge in [0.15, 0.2) is 0 Å². The Morgan fingerprint density at radius 2 is 2.33 bits per heavy atom. The van der Waals surface area contributed by atoms with Crippen LogP contribution in [-0.2, 0) is 0 Å². The van der Waals surface area contributed by atoms with Crippen molar-refractivity contribution in [3.8, 4) is 11.5 Å². The van der Waals surface area contributed by atoms with Crippen molar-refractivity contribution in [2.24, 2.45) is 0 Å². The van der Waals surface area contributed by atoms with Crippen molar-refractivity contribution < 1.29 is 14.6 Å². The molecule has 4 heteroatoms. The number of aliphatic hydroxyl groups is 1. The molecule has 0 unspecified atom stereocenters. The van der Waals surface area contributed by atoms with Gasteiger partial charge in [-0.1, -0.05) is 15.9 Å². The van der Waals surface area contributed by atoms with Crippen molar-refractivity contribution in [3.05, 3.63) is 23.8 Å². The molecule has 0 saturated carbocycles. The van der Waals surface area contributed by atoms with E-state index in [2.05, 4.69) is 15.9 Å². The summed E-state index contributed by atoms with van der Waals surface area (Å²) in [5.74, 6) is 1.46. The van der Waals surface area contributed by atoms with Crippen LogP contribution < -0.4 is 9.47 Å². The molecule has 0 bridgehead atoms. The average Bonchev–Trinajstić information content (AvgIpc) is 2.40. The van der Waals surface area contributed by atoms with Crippen molar-refractivity contribution in [3.63, 3.8) is 0 Å². The summed E-state index contributed by atoms with van der Waals surface area (Å²) in [5.41, 5.74) is 0.815. The predicted molar refractivity (Wildman–Crippen MR) is 60.8 cm³/mol. The molecule has 2 atom stereocenters. The van der Waals surface area contributed by atoms with Gasteiger partial charge < -0.3 is 14.6 Å². The van der Waals surface area contributed by atoms with Crippen LogP contribution >= 0.6 is 15.9 Å². The lowest BCUT2D eigenvalue weighted by Gasteiger charge is -2.15. The van der Waals surface area contributed by atoms with E-state index in [-0.39, 0.29) is 4.83 Å². The van der Waals surface area contributed by atoms with Crippen molar-refractivity contribution in [2.75, 3.05) is 13.7 Å². The molecule has 0 saturated heterocycles. The second-order valence-corrected chi connectivity index (χ2v) is 4.68. The van der Waals surface area contributed by atoms with Gasteiger partial charge in [0, 0.05) is 16.5 Å². The molecule has 0 radical (unpaired) electrons. The van der Waals surface area contributed by atoms with Crippen LogP contribution in [0.25, 0.3) is 0 Å². The lowest BCUT2D eigenvalue weighted by molar-refractivity contribution is 0.176. The van der Waals surface area contributed by atoms with Crippen LogP contribution in [0.1, 0.15) is 18.1 Å². The normalized spacial score (nSPS) is 25.0. The molecule has 0 fully saturated rings. The number of hydrogen-bond donors (Lipinski definition) is 1. The first-order chi connectivity index (χ1) is 7.22. The Labute approximate surface area is 97.1 Å². The molecule has 0 amide bonds. The zero-order chi connectivity index (χ0) is 10.8. The zero-order valence-corrected chi connectivity index (χ0v) is 10.0. The highest BCUT2D eigenvalue weighted by Crippen LogP contribution is 2.36. The first-order valence-electron chi connectivity index (χ1n) is 4.85. The highest BCUT2D eigenvalue weighted by Gasteiger charge is 2.25. The van der Waals surface area contributed by atoms with Gasteiger partial charge in [0.25, 0.3) is 0 Å². The Balaban J connectivity index is 2.39. The zero-order valence-electron chi connectivity index (χ0n) is 8.44. The van der Waals surface area contributed by atoms with Crippen LogP contribution in [0.4, 0.5) is 0 Å². The third-order valence-electron chi connectivity index (χ3n) is 2.53. The molecule has 0 spiro atoms. The van der Waals surface area contributed by atoms with Gasteiger partial charge in [0.05, 0.1) is 19.8 Å². The first-order valence-corrected chi connectivity index (χ1v) is 5.77. The van der Waals surface area contributed by atoms with Crippen LogP contribution in [0.3, 0.4) is 0 Å². The highest BCUT2D eigenvalue weighted by molar-refractivity contribution is 9.09. The summed E-state index contributed by atoms with van der Waals surface area (Å²) in [6.45, 7) is 0.604. The molecule has 1 aliphatic rings. The Bertz CT molecular complexity index is 354. The minimum atomic E-state index is -0.520. The minimum Gasteiger partial charge on any atom is -0.497 e. The van der Waals surface area contributed by atoms with Crippen molar-refractivity contribution in [1.29, 1.82) is 0 Å². The number of rotatable bonds is 1. The fourth-order valence-corrected chi connectivity index (χ4v) is 2.12. The number of aliphatic hydroxyl groups excluding tert-OH is 1. The smallest absolute Gasteiger partial charge is 0.128 e. The fraction of sp³-hybridized carbons (Fsp3) is 0.455. The van der Waals surface area contributed by atoms with Crippen LogP contribution in [0.15, 0.2) is 18.2 Å². The summed E-state index contributed by atoms with van der Waals surface area (Å²) >= 11 is 3.45. The Kier molecular flexibility index (Phi) is 3.17. The summed E-state index contributed by atoms with van der Waals surface area (Å²) in [6, 6.07) is 5.48. The molecule has 1 aromatic rings. The maximum absolute atomic E-state index is 10.0. The fourth-order valence-electron chi connectivity index (χ4n) is 1.65. The second kappa shape index (κ2) is 4.41. The molecular formula is C11H13BrO3. The monoisotopic (exact) mass is 272 g/mol. The van der Waals surface area contributed by atoms with Crippen molar-refractivity contribution in [1.82, 2.24) is 0 Å². The maximum Gasteiger partial charge on any atom is 0.128 e. The first kappa shape index (κ1) is 10.8. The molecule has 1 heterocycles. The van der Waals surface area contributed by atoms with Gasteiger partial charge in [-0.25, -0.2) is 0 Å². The van der Waals surface area contributed by atoms with E-state index in [0.717, 1.165) is 17.7 Å². The summed E-state index contributed by atoms with van der Waals surface area (Å²) in [4.78, 5) is 0.0483. The summed E-state index contributed by atoms with van der Waals surface area (Å²) in [6.07, 6.45) is 0.270. The van der Waals surface area contributed by atoms with E-state index >= 15 is 0 Å². The Hall–Kier alpha value is -0.740. The molecule has 0 aliphatic carbocycles. The van der Waals surface area contributed by atoms with Crippen LogP contribution in [-0.4, -0.2) is 23.7 Å². The lowest BCUT2D eigenvalue weighted by Crippen LogP contribution is -2.10.